The van der Waals surface area contributed by atoms with Gasteiger partial charge in [0.1, 0.15) is 0 Å². The summed E-state index contributed by atoms with van der Waals surface area (Å²) < 4.78 is 0. The molecule has 1 unspecified atom stereocenters. The van der Waals surface area contributed by atoms with Gasteiger partial charge in [0, 0.05) is 62.5 Å². The normalized spacial score (nSPS) is 14.8. The summed E-state index contributed by atoms with van der Waals surface area (Å²) >= 11 is 12.7. The van der Waals surface area contributed by atoms with Gasteiger partial charge in [-0.2, -0.15) is 0 Å². The van der Waals surface area contributed by atoms with E-state index in [-0.39, 0.29) is 11.8 Å². The van der Waals surface area contributed by atoms with Gasteiger partial charge in [-0.3, -0.25) is 9.78 Å². The molecule has 9 heteroatoms. The van der Waals surface area contributed by atoms with Crippen LogP contribution in [0.15, 0.2) is 91.1 Å². The Labute approximate surface area is 274 Å². The Balaban J connectivity index is 1.05. The van der Waals surface area contributed by atoms with Crippen molar-refractivity contribution in [3.8, 4) is 0 Å². The van der Waals surface area contributed by atoms with Crippen LogP contribution in [0.4, 0.5) is 5.95 Å². The summed E-state index contributed by atoms with van der Waals surface area (Å²) in [6.07, 6.45) is 5.55. The lowest BCUT2D eigenvalue weighted by atomic mass is 9.94. The van der Waals surface area contributed by atoms with Crippen molar-refractivity contribution in [1.82, 2.24) is 24.8 Å². The number of carbonyl (C=O) groups excluding carboxylic acids is 1. The van der Waals surface area contributed by atoms with Gasteiger partial charge in [-0.1, -0.05) is 65.7 Å². The fourth-order valence-corrected chi connectivity index (χ4v) is 6.48. The van der Waals surface area contributed by atoms with Crippen LogP contribution >= 0.6 is 23.2 Å². The van der Waals surface area contributed by atoms with Gasteiger partial charge >= 0.3 is 0 Å². The average Bonchev–Trinajstić information content (AvgIpc) is 3.49. The lowest BCUT2D eigenvalue weighted by molar-refractivity contribution is 0.0782. The van der Waals surface area contributed by atoms with E-state index in [0.717, 1.165) is 79.1 Å². The number of likely N-dealkylation sites (N-methyl/N-ethyl adjacent to an activating group) is 1. The number of rotatable bonds is 11. The van der Waals surface area contributed by atoms with Crippen molar-refractivity contribution in [1.29, 1.82) is 0 Å². The number of imidazole rings is 1. The van der Waals surface area contributed by atoms with Crippen LogP contribution < -0.4 is 5.32 Å². The largest absolute Gasteiger partial charge is 0.353 e. The number of pyridine rings is 1. The molecule has 7 nitrogen and oxygen atoms in total. The van der Waals surface area contributed by atoms with E-state index in [0.29, 0.717) is 28.2 Å². The molecule has 5 aromatic rings. The molecule has 0 bridgehead atoms. The number of likely N-dealkylation sites (tertiary alicyclic amines) is 1. The molecule has 1 aliphatic rings. The molecule has 1 saturated heterocycles. The molecule has 3 heterocycles. The number of nitrogens with zero attached hydrogens (tertiary/aromatic N) is 4. The van der Waals surface area contributed by atoms with Gasteiger partial charge < -0.3 is 20.1 Å². The number of fused-ring (bicyclic) bond motifs is 1. The maximum atomic E-state index is 13.1. The third-order valence-corrected chi connectivity index (χ3v) is 9.43. The van der Waals surface area contributed by atoms with Gasteiger partial charge in [0.15, 0.2) is 0 Å². The number of halogens is 2. The molecule has 0 spiro atoms. The number of aromatic nitrogens is 3. The fourth-order valence-electron chi connectivity index (χ4n) is 6.18. The number of hydrogen-bond donors (Lipinski definition) is 2. The van der Waals surface area contributed by atoms with Crippen LogP contribution in [0.5, 0.6) is 0 Å². The molecule has 6 rings (SSSR count). The summed E-state index contributed by atoms with van der Waals surface area (Å²) in [5, 5.41) is 4.74. The summed E-state index contributed by atoms with van der Waals surface area (Å²) in [7, 11) is 1.87. The zero-order valence-electron chi connectivity index (χ0n) is 25.4. The Kier molecular flexibility index (Phi) is 9.99. The van der Waals surface area contributed by atoms with Gasteiger partial charge in [0.05, 0.1) is 21.1 Å². The standard InChI is InChI=1S/C36H38Cl2N6O/c1-43(35(45)25-8-3-2-4-9-25)24-28(26-13-14-31(37)32(38)23-26)15-19-44-20-16-29(17-21-44)40-36-41-33-12-7-10-27(34(33)42-36)22-30-11-5-6-18-39-30/h2-14,18,23,28-29H,15-17,19-22,24H2,1H3,(H2,40,41,42). The smallest absolute Gasteiger partial charge is 0.253 e. The van der Waals surface area contributed by atoms with Crippen molar-refractivity contribution >= 4 is 46.1 Å². The minimum absolute atomic E-state index is 0.0157. The van der Waals surface area contributed by atoms with Gasteiger partial charge in [-0.05, 0) is 79.4 Å². The SMILES string of the molecule is CN(CC(CCN1CCC(Nc2nc3c(Cc4ccccn4)cccc3[nH]2)CC1)c1ccc(Cl)c(Cl)c1)C(=O)c1ccccc1. The van der Waals surface area contributed by atoms with E-state index in [1.807, 2.05) is 84.9 Å². The molecule has 1 aliphatic heterocycles. The van der Waals surface area contributed by atoms with E-state index in [2.05, 4.69) is 38.4 Å². The van der Waals surface area contributed by atoms with E-state index in [1.54, 1.807) is 0 Å². The summed E-state index contributed by atoms with van der Waals surface area (Å²) in [6.45, 7) is 3.52. The first-order valence-electron chi connectivity index (χ1n) is 15.5. The molecular weight excluding hydrogens is 603 g/mol. The predicted octanol–water partition coefficient (Wildman–Crippen LogP) is 7.68. The van der Waals surface area contributed by atoms with Crippen LogP contribution in [0.3, 0.4) is 0 Å². The van der Waals surface area contributed by atoms with Crippen molar-refractivity contribution in [2.45, 2.75) is 37.6 Å². The minimum atomic E-state index is 0.0157. The molecule has 1 fully saturated rings. The summed E-state index contributed by atoms with van der Waals surface area (Å²) in [4.78, 5) is 30.4. The molecule has 0 saturated carbocycles. The number of piperidine rings is 1. The first-order valence-corrected chi connectivity index (χ1v) is 16.3. The number of para-hydroxylation sites is 1. The second kappa shape index (κ2) is 14.5. The highest BCUT2D eigenvalue weighted by molar-refractivity contribution is 6.42. The van der Waals surface area contributed by atoms with E-state index < -0.39 is 0 Å². The number of nitrogens with one attached hydrogen (secondary N) is 2. The van der Waals surface area contributed by atoms with E-state index in [9.17, 15) is 4.79 Å². The van der Waals surface area contributed by atoms with Crippen molar-refractivity contribution < 1.29 is 4.79 Å². The number of H-pyrrole nitrogens is 1. The number of anilines is 1. The number of amides is 1. The third-order valence-electron chi connectivity index (χ3n) is 8.69. The average molecular weight is 642 g/mol. The lowest BCUT2D eigenvalue weighted by Crippen LogP contribution is -2.40. The molecule has 1 amide bonds. The minimum Gasteiger partial charge on any atom is -0.353 e. The quantitative estimate of drug-likeness (QED) is 0.155. The topological polar surface area (TPSA) is 77.2 Å². The maximum absolute atomic E-state index is 13.1. The molecule has 2 N–H and O–H groups in total. The van der Waals surface area contributed by atoms with Gasteiger partial charge in [0.25, 0.3) is 5.91 Å². The second-order valence-corrected chi connectivity index (χ2v) is 12.7. The molecule has 3 aromatic carbocycles. The number of aromatic amines is 1. The number of hydrogen-bond acceptors (Lipinski definition) is 5. The van der Waals surface area contributed by atoms with Crippen molar-refractivity contribution in [3.63, 3.8) is 0 Å². The first-order chi connectivity index (χ1) is 21.9. The highest BCUT2D eigenvalue weighted by atomic mass is 35.5. The Morgan fingerprint density at radius 3 is 2.56 bits per heavy atom. The highest BCUT2D eigenvalue weighted by Crippen LogP contribution is 2.30. The fraction of sp³-hybridized carbons (Fsp3) is 0.306. The lowest BCUT2D eigenvalue weighted by Gasteiger charge is -2.34. The van der Waals surface area contributed by atoms with Crippen LogP contribution in [-0.2, 0) is 6.42 Å². The first kappa shape index (κ1) is 31.1. The zero-order chi connectivity index (χ0) is 31.2. The van der Waals surface area contributed by atoms with Crippen LogP contribution in [0.2, 0.25) is 10.0 Å². The summed E-state index contributed by atoms with van der Waals surface area (Å²) in [5.74, 6) is 0.966. The molecule has 232 valence electrons. The number of carbonyl (C=O) groups is 1. The molecule has 45 heavy (non-hydrogen) atoms. The number of benzene rings is 3. The Bertz CT molecular complexity index is 1720. The Hall–Kier alpha value is -3.91. The predicted molar refractivity (Wildman–Crippen MR) is 183 cm³/mol. The van der Waals surface area contributed by atoms with Crippen molar-refractivity contribution in [2.24, 2.45) is 0 Å². The molecule has 1 atom stereocenters. The second-order valence-electron chi connectivity index (χ2n) is 11.9. The van der Waals surface area contributed by atoms with Crippen molar-refractivity contribution in [3.05, 3.63) is 124 Å². The van der Waals surface area contributed by atoms with E-state index in [1.165, 1.54) is 0 Å². The van der Waals surface area contributed by atoms with Crippen LogP contribution in [0.25, 0.3) is 11.0 Å². The van der Waals surface area contributed by atoms with Crippen LogP contribution in [0, 0.1) is 0 Å². The van der Waals surface area contributed by atoms with E-state index >= 15 is 0 Å². The summed E-state index contributed by atoms with van der Waals surface area (Å²) in [5.41, 5.74) is 6.01. The van der Waals surface area contributed by atoms with Gasteiger partial charge in [-0.25, -0.2) is 4.98 Å². The Morgan fingerprint density at radius 2 is 1.80 bits per heavy atom. The molecule has 0 radical (unpaired) electrons. The van der Waals surface area contributed by atoms with Crippen molar-refractivity contribution in [2.75, 3.05) is 38.5 Å². The van der Waals surface area contributed by atoms with Crippen LogP contribution in [0.1, 0.15) is 52.4 Å². The maximum Gasteiger partial charge on any atom is 0.253 e. The Morgan fingerprint density at radius 1 is 1.00 bits per heavy atom. The van der Waals surface area contributed by atoms with E-state index in [4.69, 9.17) is 28.2 Å². The molecule has 2 aromatic heterocycles. The molecular formula is C36H38Cl2N6O. The monoisotopic (exact) mass is 640 g/mol. The zero-order valence-corrected chi connectivity index (χ0v) is 26.9. The van der Waals surface area contributed by atoms with Gasteiger partial charge in [-0.15, -0.1) is 0 Å². The summed E-state index contributed by atoms with van der Waals surface area (Å²) in [6, 6.07) is 27.9. The third kappa shape index (κ3) is 7.85. The molecule has 0 aliphatic carbocycles. The van der Waals surface area contributed by atoms with Gasteiger partial charge in [0.2, 0.25) is 5.95 Å². The highest BCUT2D eigenvalue weighted by Gasteiger charge is 2.24. The van der Waals surface area contributed by atoms with Crippen LogP contribution in [-0.4, -0.2) is 69.9 Å².